The number of nitrogens with two attached hydrogens (primary N) is 1. The number of primary amides is 1. The molecule has 0 unspecified atom stereocenters. The number of aromatic nitrogens is 2. The number of ketones is 1. The van der Waals surface area contributed by atoms with E-state index in [1.165, 1.54) is 0 Å². The summed E-state index contributed by atoms with van der Waals surface area (Å²) in [4.78, 5) is 25.8. The predicted octanol–water partition coefficient (Wildman–Crippen LogP) is 1.23. The van der Waals surface area contributed by atoms with Gasteiger partial charge in [-0.15, -0.1) is 0 Å². The van der Waals surface area contributed by atoms with Crippen molar-refractivity contribution in [2.45, 2.75) is 51.5 Å². The molecule has 2 rings (SSSR count). The minimum absolute atomic E-state index is 0.0344. The molecular weight excluding hydrogens is 306 g/mol. The zero-order chi connectivity index (χ0) is 17.7. The molecule has 1 aromatic heterocycles. The number of likely N-dealkylation sites (tertiary alicyclic amines) is 1. The third-order valence-corrected chi connectivity index (χ3v) is 4.93. The summed E-state index contributed by atoms with van der Waals surface area (Å²) in [5.41, 5.74) is 5.71. The third-order valence-electron chi connectivity index (χ3n) is 4.93. The van der Waals surface area contributed by atoms with Crippen molar-refractivity contribution in [2.75, 3.05) is 19.6 Å². The van der Waals surface area contributed by atoms with E-state index in [-0.39, 0.29) is 17.9 Å². The van der Waals surface area contributed by atoms with Crippen LogP contribution in [0.5, 0.6) is 0 Å². The molecule has 2 heterocycles. The molecule has 7 nitrogen and oxygen atoms in total. The maximum atomic E-state index is 11.8. The average Bonchev–Trinajstić information content (AvgIpc) is 3.00. The molecule has 0 saturated carbocycles. The number of Topliss-reactive ketones (excluding diaryl/α,β-unsaturated/α-hetero) is 1. The summed E-state index contributed by atoms with van der Waals surface area (Å²) in [6.45, 7) is 6.64. The molecule has 24 heavy (non-hydrogen) atoms. The minimum Gasteiger partial charge on any atom is -0.364 e. The zero-order valence-corrected chi connectivity index (χ0v) is 14.4. The molecule has 130 valence electrons. The van der Waals surface area contributed by atoms with Gasteiger partial charge in [0.25, 0.3) is 5.91 Å². The highest BCUT2D eigenvalue weighted by Crippen LogP contribution is 2.33. The van der Waals surface area contributed by atoms with E-state index in [0.717, 1.165) is 32.5 Å². The summed E-state index contributed by atoms with van der Waals surface area (Å²) in [6.07, 6.45) is 4.19. The normalized spacial score (nSPS) is 17.4. The van der Waals surface area contributed by atoms with Crippen molar-refractivity contribution < 1.29 is 9.59 Å². The van der Waals surface area contributed by atoms with Gasteiger partial charge < -0.3 is 10.6 Å². The van der Waals surface area contributed by atoms with E-state index < -0.39 is 11.4 Å². The van der Waals surface area contributed by atoms with Gasteiger partial charge in [0.15, 0.2) is 5.69 Å². The van der Waals surface area contributed by atoms with Crippen LogP contribution in [0.3, 0.4) is 0 Å². The van der Waals surface area contributed by atoms with Gasteiger partial charge in [-0.05, 0) is 19.4 Å². The van der Waals surface area contributed by atoms with Gasteiger partial charge in [-0.25, -0.2) is 0 Å². The van der Waals surface area contributed by atoms with Crippen molar-refractivity contribution in [3.8, 4) is 6.07 Å². The molecule has 0 bridgehead atoms. The van der Waals surface area contributed by atoms with Crippen molar-refractivity contribution in [2.24, 2.45) is 5.73 Å². The Hall–Kier alpha value is -2.20. The summed E-state index contributed by atoms with van der Waals surface area (Å²) in [5, 5.41) is 13.7. The average molecular weight is 331 g/mol. The number of amides is 1. The highest BCUT2D eigenvalue weighted by molar-refractivity contribution is 5.94. The molecule has 1 aromatic rings. The summed E-state index contributed by atoms with van der Waals surface area (Å²) in [5.74, 6) is -0.599. The van der Waals surface area contributed by atoms with Crippen molar-refractivity contribution in [1.29, 1.82) is 5.26 Å². The Labute approximate surface area is 142 Å². The number of nitrogens with zero attached hydrogens (tertiary/aromatic N) is 4. The monoisotopic (exact) mass is 331 g/mol. The van der Waals surface area contributed by atoms with Crippen LogP contribution in [0.4, 0.5) is 0 Å². The first kappa shape index (κ1) is 18.1. The first-order valence-electron chi connectivity index (χ1n) is 8.45. The lowest BCUT2D eigenvalue weighted by molar-refractivity contribution is -0.118. The topological polar surface area (TPSA) is 105 Å². The Kier molecular flexibility index (Phi) is 5.73. The second-order valence-electron chi connectivity index (χ2n) is 6.37. The standard InChI is InChI=1S/C17H25N5O2/c1-3-14(23)11-13-12-22(20-15(13)16(19)24)17(5-8-18)6-9-21(4-2)10-7-17/h12H,3-7,9-11H2,1-2H3,(H2,19,24). The van der Waals surface area contributed by atoms with E-state index in [9.17, 15) is 14.9 Å². The molecule has 0 aliphatic carbocycles. The summed E-state index contributed by atoms with van der Waals surface area (Å²) < 4.78 is 1.72. The number of carbonyl (C=O) groups is 2. The van der Waals surface area contributed by atoms with Gasteiger partial charge in [-0.3, -0.25) is 14.3 Å². The van der Waals surface area contributed by atoms with Crippen molar-refractivity contribution in [3.05, 3.63) is 17.5 Å². The second-order valence-corrected chi connectivity index (χ2v) is 6.37. The second kappa shape index (κ2) is 7.58. The third kappa shape index (κ3) is 3.65. The van der Waals surface area contributed by atoms with Crippen LogP contribution in [-0.4, -0.2) is 46.0 Å². The van der Waals surface area contributed by atoms with Gasteiger partial charge in [-0.2, -0.15) is 10.4 Å². The largest absolute Gasteiger partial charge is 0.364 e. The van der Waals surface area contributed by atoms with Crippen LogP contribution in [0.25, 0.3) is 0 Å². The number of hydrogen-bond acceptors (Lipinski definition) is 5. The smallest absolute Gasteiger partial charge is 0.269 e. The van der Waals surface area contributed by atoms with E-state index in [1.54, 1.807) is 17.8 Å². The van der Waals surface area contributed by atoms with E-state index in [0.29, 0.717) is 18.4 Å². The van der Waals surface area contributed by atoms with Gasteiger partial charge in [0.1, 0.15) is 5.78 Å². The molecule has 0 spiro atoms. The van der Waals surface area contributed by atoms with Crippen LogP contribution in [0.15, 0.2) is 6.20 Å². The summed E-state index contributed by atoms with van der Waals surface area (Å²) >= 11 is 0. The first-order chi connectivity index (χ1) is 11.5. The summed E-state index contributed by atoms with van der Waals surface area (Å²) in [6, 6.07) is 2.26. The molecule has 0 aromatic carbocycles. The molecule has 7 heteroatoms. The molecule has 1 aliphatic heterocycles. The Morgan fingerprint density at radius 2 is 2.04 bits per heavy atom. The molecular formula is C17H25N5O2. The Balaban J connectivity index is 2.37. The fraction of sp³-hybridized carbons (Fsp3) is 0.647. The van der Waals surface area contributed by atoms with Crippen LogP contribution in [0.2, 0.25) is 0 Å². The van der Waals surface area contributed by atoms with Gasteiger partial charge in [-0.1, -0.05) is 13.8 Å². The first-order valence-corrected chi connectivity index (χ1v) is 8.45. The van der Waals surface area contributed by atoms with E-state index in [2.05, 4.69) is 23.0 Å². The fourth-order valence-electron chi connectivity index (χ4n) is 3.25. The highest BCUT2D eigenvalue weighted by Gasteiger charge is 2.37. The van der Waals surface area contributed by atoms with E-state index in [1.807, 2.05) is 0 Å². The molecule has 1 saturated heterocycles. The molecule has 0 atom stereocenters. The van der Waals surface area contributed by atoms with Crippen LogP contribution < -0.4 is 5.73 Å². The lowest BCUT2D eigenvalue weighted by Crippen LogP contribution is -2.46. The van der Waals surface area contributed by atoms with Gasteiger partial charge in [0, 0.05) is 37.7 Å². The number of carbonyl (C=O) groups excluding carboxylic acids is 2. The van der Waals surface area contributed by atoms with Crippen LogP contribution in [0.1, 0.15) is 55.6 Å². The van der Waals surface area contributed by atoms with Crippen molar-refractivity contribution in [1.82, 2.24) is 14.7 Å². The van der Waals surface area contributed by atoms with Gasteiger partial charge in [0.2, 0.25) is 0 Å². The zero-order valence-electron chi connectivity index (χ0n) is 14.4. The van der Waals surface area contributed by atoms with Crippen molar-refractivity contribution in [3.63, 3.8) is 0 Å². The van der Waals surface area contributed by atoms with Crippen LogP contribution in [-0.2, 0) is 16.8 Å². The molecule has 1 amide bonds. The quantitative estimate of drug-likeness (QED) is 0.809. The minimum atomic E-state index is -0.634. The number of rotatable bonds is 7. The Morgan fingerprint density at radius 1 is 1.38 bits per heavy atom. The van der Waals surface area contributed by atoms with Crippen LogP contribution in [0, 0.1) is 11.3 Å². The van der Waals surface area contributed by atoms with Gasteiger partial charge in [0.05, 0.1) is 18.0 Å². The fourth-order valence-corrected chi connectivity index (χ4v) is 3.25. The SMILES string of the molecule is CCC(=O)Cc1cn(C2(CC#N)CCN(CC)CC2)nc1C(N)=O. The lowest BCUT2D eigenvalue weighted by atomic mass is 9.85. The van der Waals surface area contributed by atoms with E-state index >= 15 is 0 Å². The highest BCUT2D eigenvalue weighted by atomic mass is 16.1. The molecule has 1 fully saturated rings. The molecule has 2 N–H and O–H groups in total. The number of piperidine rings is 1. The number of hydrogen-bond donors (Lipinski definition) is 1. The summed E-state index contributed by atoms with van der Waals surface area (Å²) in [7, 11) is 0. The molecule has 0 radical (unpaired) electrons. The number of nitriles is 1. The maximum absolute atomic E-state index is 11.8. The van der Waals surface area contributed by atoms with E-state index in [4.69, 9.17) is 5.73 Å². The molecule has 1 aliphatic rings. The Morgan fingerprint density at radius 3 is 2.54 bits per heavy atom. The predicted molar refractivity (Wildman–Crippen MR) is 89.3 cm³/mol. The Bertz CT molecular complexity index is 650. The maximum Gasteiger partial charge on any atom is 0.269 e. The lowest BCUT2D eigenvalue weighted by Gasteiger charge is -2.40. The van der Waals surface area contributed by atoms with Gasteiger partial charge >= 0.3 is 0 Å². The van der Waals surface area contributed by atoms with Crippen molar-refractivity contribution >= 4 is 11.7 Å². The van der Waals surface area contributed by atoms with Crippen LogP contribution >= 0.6 is 0 Å².